The molecule has 1 aliphatic carbocycles. The molecular formula is C15H21ClFNO. The van der Waals surface area contributed by atoms with Crippen LogP contribution in [-0.2, 0) is 0 Å². The Bertz CT molecular complexity index is 413. The molecule has 1 saturated carbocycles. The maximum Gasteiger partial charge on any atom is 0.138 e. The topological polar surface area (TPSA) is 21.3 Å². The van der Waals surface area contributed by atoms with Gasteiger partial charge in [-0.2, -0.15) is 0 Å². The van der Waals surface area contributed by atoms with Crippen molar-refractivity contribution in [3.63, 3.8) is 0 Å². The Morgan fingerprint density at radius 1 is 1.37 bits per heavy atom. The van der Waals surface area contributed by atoms with Crippen molar-refractivity contribution in [2.75, 3.05) is 13.2 Å². The first-order valence-electron chi connectivity index (χ1n) is 6.98. The third kappa shape index (κ3) is 4.36. The van der Waals surface area contributed by atoms with Gasteiger partial charge in [-0.05, 0) is 37.0 Å². The minimum atomic E-state index is -0.341. The van der Waals surface area contributed by atoms with Gasteiger partial charge in [-0.1, -0.05) is 31.4 Å². The third-order valence-electron chi connectivity index (χ3n) is 3.77. The summed E-state index contributed by atoms with van der Waals surface area (Å²) in [4.78, 5) is 0. The predicted octanol–water partition coefficient (Wildman–Crippen LogP) is 4.03. The van der Waals surface area contributed by atoms with E-state index in [-0.39, 0.29) is 5.82 Å². The molecule has 0 heterocycles. The van der Waals surface area contributed by atoms with Crippen LogP contribution in [0.4, 0.5) is 4.39 Å². The number of hydrogen-bond acceptors (Lipinski definition) is 2. The molecule has 2 atom stereocenters. The quantitative estimate of drug-likeness (QED) is 0.825. The first-order chi connectivity index (χ1) is 9.16. The van der Waals surface area contributed by atoms with Gasteiger partial charge in [0.15, 0.2) is 0 Å². The van der Waals surface area contributed by atoms with Gasteiger partial charge >= 0.3 is 0 Å². The van der Waals surface area contributed by atoms with E-state index >= 15 is 0 Å². The van der Waals surface area contributed by atoms with Gasteiger partial charge in [0.05, 0.1) is 5.02 Å². The molecule has 19 heavy (non-hydrogen) atoms. The Kier molecular flexibility index (Phi) is 5.46. The lowest BCUT2D eigenvalue weighted by molar-refractivity contribution is 0.251. The maximum atomic E-state index is 12.9. The minimum Gasteiger partial charge on any atom is -0.491 e. The van der Waals surface area contributed by atoms with E-state index in [4.69, 9.17) is 16.3 Å². The van der Waals surface area contributed by atoms with Crippen molar-refractivity contribution in [1.82, 2.24) is 5.32 Å². The van der Waals surface area contributed by atoms with Crippen LogP contribution in [0.2, 0.25) is 5.02 Å². The van der Waals surface area contributed by atoms with Gasteiger partial charge < -0.3 is 10.1 Å². The molecule has 0 radical (unpaired) electrons. The fourth-order valence-electron chi connectivity index (χ4n) is 2.62. The van der Waals surface area contributed by atoms with Gasteiger partial charge in [0.2, 0.25) is 0 Å². The highest BCUT2D eigenvalue weighted by molar-refractivity contribution is 6.32. The molecule has 0 aromatic heterocycles. The molecule has 4 heteroatoms. The SMILES string of the molecule is CC1CCCCC1NCCOc1ccc(F)cc1Cl. The normalized spacial score (nSPS) is 23.3. The Hall–Kier alpha value is -0.800. The van der Waals surface area contributed by atoms with Crippen molar-refractivity contribution >= 4 is 11.6 Å². The van der Waals surface area contributed by atoms with E-state index in [1.54, 1.807) is 6.07 Å². The smallest absolute Gasteiger partial charge is 0.138 e. The second-order valence-corrected chi connectivity index (χ2v) is 5.65. The molecule has 1 aromatic rings. The van der Waals surface area contributed by atoms with Gasteiger partial charge in [0.1, 0.15) is 18.2 Å². The minimum absolute atomic E-state index is 0.325. The molecule has 0 spiro atoms. The zero-order valence-corrected chi connectivity index (χ0v) is 12.0. The Morgan fingerprint density at radius 3 is 2.89 bits per heavy atom. The first-order valence-corrected chi connectivity index (χ1v) is 7.36. The number of nitrogens with one attached hydrogen (secondary N) is 1. The van der Waals surface area contributed by atoms with E-state index in [0.29, 0.717) is 23.4 Å². The summed E-state index contributed by atoms with van der Waals surface area (Å²) in [7, 11) is 0. The molecule has 0 saturated heterocycles. The summed E-state index contributed by atoms with van der Waals surface area (Å²) in [6.45, 7) is 3.64. The highest BCUT2D eigenvalue weighted by atomic mass is 35.5. The van der Waals surface area contributed by atoms with Crippen LogP contribution >= 0.6 is 11.6 Å². The molecule has 0 aliphatic heterocycles. The Balaban J connectivity index is 1.71. The zero-order chi connectivity index (χ0) is 13.7. The van der Waals surface area contributed by atoms with Gasteiger partial charge in [-0.15, -0.1) is 0 Å². The van der Waals surface area contributed by atoms with Gasteiger partial charge in [0, 0.05) is 12.6 Å². The number of hydrogen-bond donors (Lipinski definition) is 1. The van der Waals surface area contributed by atoms with Gasteiger partial charge in [0.25, 0.3) is 0 Å². The van der Waals surface area contributed by atoms with Gasteiger partial charge in [-0.3, -0.25) is 0 Å². The second-order valence-electron chi connectivity index (χ2n) is 5.25. The Labute approximate surface area is 119 Å². The van der Waals surface area contributed by atoms with E-state index in [9.17, 15) is 4.39 Å². The number of ether oxygens (including phenoxy) is 1. The fourth-order valence-corrected chi connectivity index (χ4v) is 2.84. The third-order valence-corrected chi connectivity index (χ3v) is 4.07. The first kappa shape index (κ1) is 14.6. The average Bonchev–Trinajstić information content (AvgIpc) is 2.38. The van der Waals surface area contributed by atoms with Crippen LogP contribution in [0.5, 0.6) is 5.75 Å². The fraction of sp³-hybridized carbons (Fsp3) is 0.600. The largest absolute Gasteiger partial charge is 0.491 e. The summed E-state index contributed by atoms with van der Waals surface area (Å²) in [6, 6.07) is 4.80. The zero-order valence-electron chi connectivity index (χ0n) is 11.3. The van der Waals surface area contributed by atoms with E-state index < -0.39 is 0 Å². The van der Waals surface area contributed by atoms with Gasteiger partial charge in [-0.25, -0.2) is 4.39 Å². The van der Waals surface area contributed by atoms with Crippen LogP contribution in [0.1, 0.15) is 32.6 Å². The second kappa shape index (κ2) is 7.11. The van der Waals surface area contributed by atoms with Crippen molar-refractivity contribution in [3.8, 4) is 5.75 Å². The lowest BCUT2D eigenvalue weighted by atomic mass is 9.86. The molecule has 2 nitrogen and oxygen atoms in total. The highest BCUT2D eigenvalue weighted by Crippen LogP contribution is 2.25. The Morgan fingerprint density at radius 2 is 2.16 bits per heavy atom. The maximum absolute atomic E-state index is 12.9. The number of halogens is 2. The van der Waals surface area contributed by atoms with Crippen LogP contribution in [0, 0.1) is 11.7 Å². The van der Waals surface area contributed by atoms with Crippen LogP contribution in [0.3, 0.4) is 0 Å². The van der Waals surface area contributed by atoms with Crippen LogP contribution < -0.4 is 10.1 Å². The van der Waals surface area contributed by atoms with Crippen LogP contribution in [-0.4, -0.2) is 19.2 Å². The van der Waals surface area contributed by atoms with Crippen LogP contribution in [0.15, 0.2) is 18.2 Å². The summed E-state index contributed by atoms with van der Waals surface area (Å²) >= 11 is 5.89. The summed E-state index contributed by atoms with van der Waals surface area (Å²) in [5.74, 6) is 0.941. The molecule has 0 bridgehead atoms. The van der Waals surface area contributed by atoms with Crippen molar-refractivity contribution in [2.24, 2.45) is 5.92 Å². The summed E-state index contributed by atoms with van der Waals surface area (Å²) in [5.41, 5.74) is 0. The molecule has 1 aromatic carbocycles. The summed E-state index contributed by atoms with van der Waals surface area (Å²) in [5, 5.41) is 3.86. The number of benzene rings is 1. The molecule has 0 amide bonds. The molecule has 2 rings (SSSR count). The molecular weight excluding hydrogens is 265 g/mol. The van der Waals surface area contributed by atoms with Crippen molar-refractivity contribution < 1.29 is 9.13 Å². The molecule has 1 fully saturated rings. The predicted molar refractivity (Wildman–Crippen MR) is 76.3 cm³/mol. The standard InChI is InChI=1S/C15H21ClFNO/c1-11-4-2-3-5-14(11)18-8-9-19-15-7-6-12(17)10-13(15)16/h6-7,10-11,14,18H,2-5,8-9H2,1H3. The van der Waals surface area contributed by atoms with E-state index in [0.717, 1.165) is 12.5 Å². The van der Waals surface area contributed by atoms with Crippen molar-refractivity contribution in [1.29, 1.82) is 0 Å². The molecule has 2 unspecified atom stereocenters. The van der Waals surface area contributed by atoms with E-state index in [1.807, 2.05) is 0 Å². The van der Waals surface area contributed by atoms with E-state index in [1.165, 1.54) is 37.8 Å². The monoisotopic (exact) mass is 285 g/mol. The highest BCUT2D eigenvalue weighted by Gasteiger charge is 2.20. The molecule has 1 aliphatic rings. The lowest BCUT2D eigenvalue weighted by Gasteiger charge is -2.29. The van der Waals surface area contributed by atoms with Crippen molar-refractivity contribution in [2.45, 2.75) is 38.6 Å². The number of rotatable bonds is 5. The van der Waals surface area contributed by atoms with E-state index in [2.05, 4.69) is 12.2 Å². The molecule has 106 valence electrons. The molecule has 1 N–H and O–H groups in total. The van der Waals surface area contributed by atoms with Crippen LogP contribution in [0.25, 0.3) is 0 Å². The summed E-state index contributed by atoms with van der Waals surface area (Å²) in [6.07, 6.45) is 5.22. The van der Waals surface area contributed by atoms with Crippen molar-refractivity contribution in [3.05, 3.63) is 29.0 Å². The lowest BCUT2D eigenvalue weighted by Crippen LogP contribution is -2.39. The summed E-state index contributed by atoms with van der Waals surface area (Å²) < 4.78 is 18.4. The average molecular weight is 286 g/mol.